The number of rotatable bonds is 4. The fourth-order valence-corrected chi connectivity index (χ4v) is 2.71. The van der Waals surface area contributed by atoms with Gasteiger partial charge in [0, 0.05) is 23.7 Å². The number of thiazole rings is 1. The van der Waals surface area contributed by atoms with Crippen LogP contribution < -0.4 is 5.56 Å². The van der Waals surface area contributed by atoms with E-state index >= 15 is 0 Å². The SMILES string of the molecule is Cc1ccn2c(=O)cc(COC(=O)/C=C/c3csc(C)n3)nc2c1. The van der Waals surface area contributed by atoms with E-state index in [0.29, 0.717) is 17.0 Å². The zero-order valence-corrected chi connectivity index (χ0v) is 14.0. The number of aryl methyl sites for hydroxylation is 2. The smallest absolute Gasteiger partial charge is 0.331 e. The lowest BCUT2D eigenvalue weighted by atomic mass is 10.3. The van der Waals surface area contributed by atoms with Crippen LogP contribution in [0.3, 0.4) is 0 Å². The lowest BCUT2D eigenvalue weighted by Gasteiger charge is -2.05. The molecule has 0 atom stereocenters. The van der Waals surface area contributed by atoms with Crippen molar-refractivity contribution in [2.75, 3.05) is 0 Å². The summed E-state index contributed by atoms with van der Waals surface area (Å²) >= 11 is 1.51. The Kier molecular flexibility index (Phi) is 4.52. The van der Waals surface area contributed by atoms with Crippen LogP contribution >= 0.6 is 11.3 Å². The van der Waals surface area contributed by atoms with Crippen molar-refractivity contribution in [1.29, 1.82) is 0 Å². The summed E-state index contributed by atoms with van der Waals surface area (Å²) in [5.41, 5.74) is 2.45. The number of nitrogens with zero attached hydrogens (tertiary/aromatic N) is 3. The minimum Gasteiger partial charge on any atom is -0.456 e. The Balaban J connectivity index is 1.70. The maximum Gasteiger partial charge on any atom is 0.331 e. The van der Waals surface area contributed by atoms with Crippen molar-refractivity contribution in [1.82, 2.24) is 14.4 Å². The number of pyridine rings is 1. The van der Waals surface area contributed by atoms with E-state index in [4.69, 9.17) is 4.74 Å². The number of aromatic nitrogens is 3. The molecule has 24 heavy (non-hydrogen) atoms. The molecule has 0 fully saturated rings. The van der Waals surface area contributed by atoms with E-state index in [2.05, 4.69) is 9.97 Å². The average Bonchev–Trinajstić information content (AvgIpc) is 2.96. The highest BCUT2D eigenvalue weighted by Gasteiger charge is 2.05. The fraction of sp³-hybridized carbons (Fsp3) is 0.176. The molecule has 0 spiro atoms. The topological polar surface area (TPSA) is 73.6 Å². The van der Waals surface area contributed by atoms with Crippen molar-refractivity contribution < 1.29 is 9.53 Å². The fourth-order valence-electron chi connectivity index (χ4n) is 2.13. The van der Waals surface area contributed by atoms with Gasteiger partial charge in [0.2, 0.25) is 0 Å². The van der Waals surface area contributed by atoms with Gasteiger partial charge < -0.3 is 4.74 Å². The molecule has 0 saturated carbocycles. The first-order valence-corrected chi connectivity index (χ1v) is 8.15. The quantitative estimate of drug-likeness (QED) is 0.538. The van der Waals surface area contributed by atoms with Gasteiger partial charge in [0.25, 0.3) is 5.56 Å². The number of hydrogen-bond donors (Lipinski definition) is 0. The average molecular weight is 341 g/mol. The van der Waals surface area contributed by atoms with Gasteiger partial charge in [-0.3, -0.25) is 9.20 Å². The van der Waals surface area contributed by atoms with E-state index in [1.54, 1.807) is 18.3 Å². The Bertz CT molecular complexity index is 988. The van der Waals surface area contributed by atoms with Crippen LogP contribution in [0.25, 0.3) is 11.7 Å². The lowest BCUT2D eigenvalue weighted by Crippen LogP contribution is -2.16. The largest absolute Gasteiger partial charge is 0.456 e. The minimum absolute atomic E-state index is 0.0566. The van der Waals surface area contributed by atoms with E-state index < -0.39 is 5.97 Å². The molecule has 3 aromatic rings. The molecule has 0 saturated heterocycles. The Labute approximate surface area is 142 Å². The molecule has 0 N–H and O–H groups in total. The molecule has 0 aliphatic rings. The maximum atomic E-state index is 12.0. The number of esters is 1. The molecule has 0 aromatic carbocycles. The molecule has 0 radical (unpaired) electrons. The Hall–Kier alpha value is -2.80. The highest BCUT2D eigenvalue weighted by molar-refractivity contribution is 7.09. The summed E-state index contributed by atoms with van der Waals surface area (Å²) in [6.07, 6.45) is 4.58. The molecule has 3 rings (SSSR count). The maximum absolute atomic E-state index is 12.0. The number of carbonyl (C=O) groups excluding carboxylic acids is 1. The second kappa shape index (κ2) is 6.76. The standard InChI is InChI=1S/C17H15N3O3S/c1-11-5-6-20-15(7-11)19-14(8-16(20)21)9-23-17(22)4-3-13-10-24-12(2)18-13/h3-8,10H,9H2,1-2H3/b4-3+. The van der Waals surface area contributed by atoms with Gasteiger partial charge in [-0.15, -0.1) is 11.3 Å². The van der Waals surface area contributed by atoms with E-state index in [9.17, 15) is 9.59 Å². The van der Waals surface area contributed by atoms with Crippen molar-refractivity contribution in [2.45, 2.75) is 20.5 Å². The summed E-state index contributed by atoms with van der Waals surface area (Å²) in [4.78, 5) is 32.3. The molecular weight excluding hydrogens is 326 g/mol. The molecule has 0 aliphatic carbocycles. The molecule has 7 heteroatoms. The second-order valence-electron chi connectivity index (χ2n) is 5.25. The van der Waals surface area contributed by atoms with Gasteiger partial charge >= 0.3 is 5.97 Å². The molecule has 0 amide bonds. The lowest BCUT2D eigenvalue weighted by molar-refractivity contribution is -0.139. The first-order valence-electron chi connectivity index (χ1n) is 7.27. The highest BCUT2D eigenvalue weighted by atomic mass is 32.1. The van der Waals surface area contributed by atoms with Gasteiger partial charge in [-0.05, 0) is 37.6 Å². The Morgan fingerprint density at radius 1 is 1.33 bits per heavy atom. The van der Waals surface area contributed by atoms with Gasteiger partial charge in [0.05, 0.1) is 16.4 Å². The molecular formula is C17H15N3O3S. The molecule has 122 valence electrons. The van der Waals surface area contributed by atoms with Crippen LogP contribution in [0.4, 0.5) is 0 Å². The summed E-state index contributed by atoms with van der Waals surface area (Å²) in [5, 5.41) is 2.78. The normalized spacial score (nSPS) is 11.2. The first-order chi connectivity index (χ1) is 11.5. The Morgan fingerprint density at radius 2 is 2.17 bits per heavy atom. The third kappa shape index (κ3) is 3.75. The van der Waals surface area contributed by atoms with Crippen molar-refractivity contribution in [2.24, 2.45) is 0 Å². The van der Waals surface area contributed by atoms with Gasteiger partial charge in [0.1, 0.15) is 12.3 Å². The summed E-state index contributed by atoms with van der Waals surface area (Å²) in [5.74, 6) is -0.508. The van der Waals surface area contributed by atoms with Gasteiger partial charge in [-0.2, -0.15) is 0 Å². The molecule has 0 bridgehead atoms. The molecule has 0 unspecified atom stereocenters. The highest BCUT2D eigenvalue weighted by Crippen LogP contribution is 2.09. The summed E-state index contributed by atoms with van der Waals surface area (Å²) < 4.78 is 6.58. The predicted octanol–water partition coefficient (Wildman–Crippen LogP) is 2.52. The Morgan fingerprint density at radius 3 is 2.92 bits per heavy atom. The summed E-state index contributed by atoms with van der Waals surface area (Å²) in [6.45, 7) is 3.76. The van der Waals surface area contributed by atoms with Gasteiger partial charge in [-0.25, -0.2) is 14.8 Å². The van der Waals surface area contributed by atoms with Crippen LogP contribution in [0.15, 0.2) is 40.6 Å². The second-order valence-corrected chi connectivity index (χ2v) is 6.31. The molecule has 6 nitrogen and oxygen atoms in total. The molecule has 3 heterocycles. The van der Waals surface area contributed by atoms with Crippen LogP contribution in [0.2, 0.25) is 0 Å². The number of carbonyl (C=O) groups is 1. The summed E-state index contributed by atoms with van der Waals surface area (Å²) in [7, 11) is 0. The first kappa shape index (κ1) is 16.1. The number of ether oxygens (including phenoxy) is 1. The van der Waals surface area contributed by atoms with Crippen molar-refractivity contribution in [3.05, 3.63) is 68.2 Å². The van der Waals surface area contributed by atoms with Crippen LogP contribution in [0.1, 0.15) is 22.0 Å². The van der Waals surface area contributed by atoms with E-state index in [1.165, 1.54) is 27.9 Å². The van der Waals surface area contributed by atoms with Gasteiger partial charge in [0.15, 0.2) is 0 Å². The number of fused-ring (bicyclic) bond motifs is 1. The van der Waals surface area contributed by atoms with Crippen molar-refractivity contribution >= 4 is 29.0 Å². The van der Waals surface area contributed by atoms with Crippen LogP contribution in [-0.2, 0) is 16.1 Å². The van der Waals surface area contributed by atoms with E-state index in [1.807, 2.05) is 25.3 Å². The van der Waals surface area contributed by atoms with Crippen molar-refractivity contribution in [3.63, 3.8) is 0 Å². The molecule has 0 aliphatic heterocycles. The van der Waals surface area contributed by atoms with E-state index in [-0.39, 0.29) is 12.2 Å². The van der Waals surface area contributed by atoms with Crippen LogP contribution in [0.5, 0.6) is 0 Å². The predicted molar refractivity (Wildman–Crippen MR) is 91.9 cm³/mol. The zero-order chi connectivity index (χ0) is 17.1. The summed E-state index contributed by atoms with van der Waals surface area (Å²) in [6, 6.07) is 5.00. The monoisotopic (exact) mass is 341 g/mol. The van der Waals surface area contributed by atoms with E-state index in [0.717, 1.165) is 10.6 Å². The molecule has 3 aromatic heterocycles. The third-order valence-corrected chi connectivity index (χ3v) is 4.06. The number of hydrogen-bond acceptors (Lipinski definition) is 6. The third-order valence-electron chi connectivity index (χ3n) is 3.27. The van der Waals surface area contributed by atoms with Crippen LogP contribution in [0, 0.1) is 13.8 Å². The van der Waals surface area contributed by atoms with Crippen molar-refractivity contribution in [3.8, 4) is 0 Å². The van der Waals surface area contributed by atoms with Crippen LogP contribution in [-0.4, -0.2) is 20.3 Å². The minimum atomic E-state index is -0.508. The zero-order valence-electron chi connectivity index (χ0n) is 13.2. The van der Waals surface area contributed by atoms with Gasteiger partial charge in [-0.1, -0.05) is 0 Å².